The molecule has 118 valence electrons. The van der Waals surface area contributed by atoms with Crippen LogP contribution in [0.3, 0.4) is 0 Å². The minimum absolute atomic E-state index is 0.0547. The van der Waals surface area contributed by atoms with E-state index >= 15 is 0 Å². The molecule has 3 rings (SSSR count). The predicted octanol–water partition coefficient (Wildman–Crippen LogP) is 1.54. The van der Waals surface area contributed by atoms with Crippen molar-refractivity contribution < 1.29 is 13.6 Å². The Kier molecular flexibility index (Phi) is 3.65. The molecule has 1 aromatic carbocycles. The third kappa shape index (κ3) is 2.96. The maximum Gasteiger partial charge on any atom is 0.272 e. The first-order chi connectivity index (χ1) is 10.9. The number of aryl methyl sites for hydroxylation is 1. The van der Waals surface area contributed by atoms with Crippen LogP contribution in [0.2, 0.25) is 0 Å². The lowest BCUT2D eigenvalue weighted by atomic mass is 10.2. The molecular weight excluding hydrogens is 306 g/mol. The first-order valence-electron chi connectivity index (χ1n) is 6.75. The van der Waals surface area contributed by atoms with E-state index in [4.69, 9.17) is 0 Å². The fourth-order valence-corrected chi connectivity index (χ4v) is 2.25. The predicted molar refractivity (Wildman–Crippen MR) is 78.1 cm³/mol. The minimum Gasteiger partial charge on any atom is -0.348 e. The molecule has 0 radical (unpaired) electrons. The van der Waals surface area contributed by atoms with Gasteiger partial charge < -0.3 is 5.32 Å². The molecule has 0 bridgehead atoms. The van der Waals surface area contributed by atoms with E-state index in [0.29, 0.717) is 5.69 Å². The molecule has 3 aromatic rings. The van der Waals surface area contributed by atoms with E-state index in [2.05, 4.69) is 15.4 Å². The summed E-state index contributed by atoms with van der Waals surface area (Å²) < 4.78 is 27.4. The van der Waals surface area contributed by atoms with Crippen LogP contribution in [0.25, 0.3) is 5.65 Å². The number of benzene rings is 1. The molecule has 0 fully saturated rings. The highest BCUT2D eigenvalue weighted by molar-refractivity contribution is 5.99. The number of carbonyl (C=O) groups excluding carboxylic acids is 1. The van der Waals surface area contributed by atoms with Crippen LogP contribution in [0.4, 0.5) is 8.78 Å². The normalized spacial score (nSPS) is 10.9. The van der Waals surface area contributed by atoms with Crippen molar-refractivity contribution in [1.82, 2.24) is 19.9 Å². The number of H-pyrrole nitrogens is 1. The Labute approximate surface area is 128 Å². The van der Waals surface area contributed by atoms with Crippen molar-refractivity contribution >= 4 is 11.6 Å². The zero-order chi connectivity index (χ0) is 16.6. The van der Waals surface area contributed by atoms with Crippen molar-refractivity contribution in [1.29, 1.82) is 0 Å². The van der Waals surface area contributed by atoms with E-state index in [1.54, 1.807) is 6.92 Å². The number of fused-ring (bicyclic) bond motifs is 1. The van der Waals surface area contributed by atoms with Crippen molar-refractivity contribution in [2.45, 2.75) is 13.5 Å². The van der Waals surface area contributed by atoms with Crippen LogP contribution in [0.1, 0.15) is 21.6 Å². The molecule has 0 aliphatic carbocycles. The van der Waals surface area contributed by atoms with Crippen molar-refractivity contribution in [3.63, 3.8) is 0 Å². The lowest BCUT2D eigenvalue weighted by molar-refractivity contribution is 0.0952. The van der Waals surface area contributed by atoms with E-state index < -0.39 is 17.5 Å². The number of amides is 1. The quantitative estimate of drug-likeness (QED) is 0.769. The lowest BCUT2D eigenvalue weighted by Gasteiger charge is -2.05. The average molecular weight is 318 g/mol. The number of nitrogens with zero attached hydrogens (tertiary/aromatic N) is 2. The number of hydrogen-bond donors (Lipinski definition) is 2. The summed E-state index contributed by atoms with van der Waals surface area (Å²) in [6.07, 6.45) is 1.35. The zero-order valence-electron chi connectivity index (χ0n) is 12.1. The number of rotatable bonds is 3. The summed E-state index contributed by atoms with van der Waals surface area (Å²) >= 11 is 0. The minimum atomic E-state index is -0.717. The summed E-state index contributed by atoms with van der Waals surface area (Å²) in [5, 5.41) is 5.18. The van der Waals surface area contributed by atoms with Gasteiger partial charge in [-0.15, -0.1) is 0 Å². The van der Waals surface area contributed by atoms with Gasteiger partial charge in [-0.2, -0.15) is 0 Å². The molecule has 2 heterocycles. The van der Waals surface area contributed by atoms with Crippen LogP contribution in [0.15, 0.2) is 35.3 Å². The highest BCUT2D eigenvalue weighted by Gasteiger charge is 2.15. The monoisotopic (exact) mass is 318 g/mol. The number of nitrogens with one attached hydrogen (secondary N) is 2. The summed E-state index contributed by atoms with van der Waals surface area (Å²) in [6.45, 7) is 1.59. The first-order valence-corrected chi connectivity index (χ1v) is 6.75. The molecule has 8 heteroatoms. The van der Waals surface area contributed by atoms with Gasteiger partial charge in [0.1, 0.15) is 17.2 Å². The highest BCUT2D eigenvalue weighted by atomic mass is 19.1. The van der Waals surface area contributed by atoms with E-state index in [0.717, 1.165) is 22.7 Å². The standard InChI is InChI=1S/C15H12F2N4O2/c1-8-2-13(22)21-14(20-8)12(7-19-21)15(23)18-6-9-3-10(16)5-11(17)4-9/h2-5,7,19H,6H2,1H3,(H,18,23). The summed E-state index contributed by atoms with van der Waals surface area (Å²) in [5.41, 5.74) is 0.798. The maximum absolute atomic E-state index is 13.1. The van der Waals surface area contributed by atoms with Gasteiger partial charge >= 0.3 is 0 Å². The molecule has 0 aliphatic heterocycles. The van der Waals surface area contributed by atoms with Gasteiger partial charge in [-0.3, -0.25) is 14.7 Å². The van der Waals surface area contributed by atoms with Gasteiger partial charge in [-0.25, -0.2) is 18.3 Å². The molecule has 0 saturated heterocycles. The van der Waals surface area contributed by atoms with Crippen LogP contribution in [-0.2, 0) is 6.54 Å². The fraction of sp³-hybridized carbons (Fsp3) is 0.133. The molecule has 23 heavy (non-hydrogen) atoms. The zero-order valence-corrected chi connectivity index (χ0v) is 12.1. The number of aromatic amines is 1. The Hall–Kier alpha value is -3.03. The second-order valence-corrected chi connectivity index (χ2v) is 5.04. The number of halogens is 2. The third-order valence-corrected chi connectivity index (χ3v) is 3.25. The second-order valence-electron chi connectivity index (χ2n) is 5.04. The second kappa shape index (κ2) is 5.64. The molecular formula is C15H12F2N4O2. The van der Waals surface area contributed by atoms with Gasteiger partial charge in [0, 0.05) is 30.6 Å². The molecule has 0 saturated carbocycles. The Balaban J connectivity index is 1.85. The summed E-state index contributed by atoms with van der Waals surface area (Å²) in [6, 6.07) is 4.35. The number of aromatic nitrogens is 3. The van der Waals surface area contributed by atoms with E-state index in [-0.39, 0.29) is 28.9 Å². The van der Waals surface area contributed by atoms with E-state index in [1.807, 2.05) is 0 Å². The van der Waals surface area contributed by atoms with E-state index in [9.17, 15) is 18.4 Å². The van der Waals surface area contributed by atoms with Crippen molar-refractivity contribution in [3.05, 3.63) is 69.3 Å². The van der Waals surface area contributed by atoms with Crippen LogP contribution >= 0.6 is 0 Å². The van der Waals surface area contributed by atoms with Crippen LogP contribution in [0, 0.1) is 18.6 Å². The van der Waals surface area contributed by atoms with Gasteiger partial charge in [0.05, 0.1) is 0 Å². The first kappa shape index (κ1) is 14.9. The third-order valence-electron chi connectivity index (χ3n) is 3.25. The Morgan fingerprint density at radius 3 is 2.65 bits per heavy atom. The average Bonchev–Trinajstić information content (AvgIpc) is 2.88. The largest absolute Gasteiger partial charge is 0.348 e. The molecule has 1 amide bonds. The summed E-state index contributed by atoms with van der Waals surface area (Å²) in [4.78, 5) is 28.1. The summed E-state index contributed by atoms with van der Waals surface area (Å²) in [5.74, 6) is -1.94. The van der Waals surface area contributed by atoms with Gasteiger partial charge in [-0.05, 0) is 24.6 Å². The maximum atomic E-state index is 13.1. The Morgan fingerprint density at radius 2 is 1.96 bits per heavy atom. The summed E-state index contributed by atoms with van der Waals surface area (Å²) in [7, 11) is 0. The van der Waals surface area contributed by atoms with Crippen molar-refractivity contribution in [2.75, 3.05) is 0 Å². The highest BCUT2D eigenvalue weighted by Crippen LogP contribution is 2.09. The SMILES string of the molecule is Cc1cc(=O)n2[nH]cc(C(=O)NCc3cc(F)cc(F)c3)c2n1. The van der Waals surface area contributed by atoms with Crippen LogP contribution in [0.5, 0.6) is 0 Å². The molecule has 2 N–H and O–H groups in total. The molecule has 2 aromatic heterocycles. The smallest absolute Gasteiger partial charge is 0.272 e. The molecule has 0 aliphatic rings. The van der Waals surface area contributed by atoms with Gasteiger partial charge in [0.25, 0.3) is 11.5 Å². The van der Waals surface area contributed by atoms with E-state index in [1.165, 1.54) is 12.3 Å². The van der Waals surface area contributed by atoms with Crippen LogP contribution < -0.4 is 10.9 Å². The fourth-order valence-electron chi connectivity index (χ4n) is 2.25. The van der Waals surface area contributed by atoms with Gasteiger partial charge in [0.2, 0.25) is 0 Å². The number of carbonyl (C=O) groups is 1. The Bertz CT molecular complexity index is 942. The molecule has 0 spiro atoms. The molecule has 6 nitrogen and oxygen atoms in total. The topological polar surface area (TPSA) is 79.3 Å². The molecule has 0 unspecified atom stereocenters. The van der Waals surface area contributed by atoms with Crippen LogP contribution in [-0.4, -0.2) is 20.5 Å². The van der Waals surface area contributed by atoms with Gasteiger partial charge in [-0.1, -0.05) is 0 Å². The molecule has 0 atom stereocenters. The van der Waals surface area contributed by atoms with Crippen molar-refractivity contribution in [3.8, 4) is 0 Å². The number of hydrogen-bond acceptors (Lipinski definition) is 3. The van der Waals surface area contributed by atoms with Crippen molar-refractivity contribution in [2.24, 2.45) is 0 Å². The lowest BCUT2D eigenvalue weighted by Crippen LogP contribution is -2.23. The van der Waals surface area contributed by atoms with Gasteiger partial charge in [0.15, 0.2) is 5.65 Å². The Morgan fingerprint density at radius 1 is 1.26 bits per heavy atom.